The number of rotatable bonds is 3. The van der Waals surface area contributed by atoms with Gasteiger partial charge >= 0.3 is 6.03 Å². The van der Waals surface area contributed by atoms with Crippen LogP contribution in [0.1, 0.15) is 38.5 Å². The molecule has 0 aromatic carbocycles. The van der Waals surface area contributed by atoms with Gasteiger partial charge in [-0.05, 0) is 19.3 Å². The summed E-state index contributed by atoms with van der Waals surface area (Å²) in [5.74, 6) is 0. The summed E-state index contributed by atoms with van der Waals surface area (Å²) in [7, 11) is -3.14. The molecule has 1 heterocycles. The second-order valence-corrected chi connectivity index (χ2v) is 7.54. The average Bonchev–Trinajstić information content (AvgIpc) is 2.78. The largest absolute Gasteiger partial charge is 0.335 e. The molecule has 0 bridgehead atoms. The molecule has 1 saturated heterocycles. The molecule has 19 heavy (non-hydrogen) atoms. The highest BCUT2D eigenvalue weighted by Gasteiger charge is 2.29. The summed E-state index contributed by atoms with van der Waals surface area (Å²) >= 11 is 0. The second-order valence-electron chi connectivity index (χ2n) is 5.56. The monoisotopic (exact) mass is 289 g/mol. The molecule has 2 rings (SSSR count). The van der Waals surface area contributed by atoms with Crippen LogP contribution in [0.2, 0.25) is 0 Å². The molecule has 0 aromatic heterocycles. The lowest BCUT2D eigenvalue weighted by molar-refractivity contribution is 0.229. The average molecular weight is 289 g/mol. The molecule has 7 heteroatoms. The van der Waals surface area contributed by atoms with E-state index in [-0.39, 0.29) is 18.1 Å². The molecule has 2 fully saturated rings. The molecule has 1 atom stereocenters. The SMILES string of the molecule is CS(=O)(=O)N1CCC(NC(=O)NC2CCCCC2)C1. The van der Waals surface area contributed by atoms with Crippen molar-refractivity contribution in [1.29, 1.82) is 0 Å². The van der Waals surface area contributed by atoms with Crippen molar-refractivity contribution in [2.45, 2.75) is 50.6 Å². The lowest BCUT2D eigenvalue weighted by atomic mass is 9.96. The summed E-state index contributed by atoms with van der Waals surface area (Å²) in [6.07, 6.45) is 7.60. The van der Waals surface area contributed by atoms with Crippen molar-refractivity contribution in [3.05, 3.63) is 0 Å². The molecule has 110 valence electrons. The number of carbonyl (C=O) groups is 1. The Bertz CT molecular complexity index is 418. The third-order valence-corrected chi connectivity index (χ3v) is 5.17. The zero-order valence-corrected chi connectivity index (χ0v) is 12.2. The molecule has 1 aliphatic heterocycles. The number of hydrogen-bond acceptors (Lipinski definition) is 3. The highest BCUT2D eigenvalue weighted by molar-refractivity contribution is 7.88. The van der Waals surface area contributed by atoms with Gasteiger partial charge in [-0.15, -0.1) is 0 Å². The maximum atomic E-state index is 11.8. The molecule has 2 amide bonds. The van der Waals surface area contributed by atoms with Crippen molar-refractivity contribution < 1.29 is 13.2 Å². The number of nitrogens with zero attached hydrogens (tertiary/aromatic N) is 1. The Labute approximate surface area is 115 Å². The molecule has 0 spiro atoms. The summed E-state index contributed by atoms with van der Waals surface area (Å²) in [5, 5.41) is 5.85. The summed E-state index contributed by atoms with van der Waals surface area (Å²) in [6, 6.07) is 0.0479. The third kappa shape index (κ3) is 4.35. The third-order valence-electron chi connectivity index (χ3n) is 3.90. The summed E-state index contributed by atoms with van der Waals surface area (Å²) in [6.45, 7) is 0.879. The first-order chi connectivity index (χ1) is 8.95. The fourth-order valence-electron chi connectivity index (χ4n) is 2.81. The van der Waals surface area contributed by atoms with Crippen LogP contribution in [0.4, 0.5) is 4.79 Å². The van der Waals surface area contributed by atoms with Gasteiger partial charge in [-0.25, -0.2) is 17.5 Å². The van der Waals surface area contributed by atoms with Crippen LogP contribution in [-0.4, -0.2) is 50.2 Å². The predicted octanol–water partition coefficient (Wildman–Crippen LogP) is 0.652. The van der Waals surface area contributed by atoms with Crippen LogP contribution in [-0.2, 0) is 10.0 Å². The quantitative estimate of drug-likeness (QED) is 0.801. The second kappa shape index (κ2) is 6.09. The van der Waals surface area contributed by atoms with E-state index in [4.69, 9.17) is 0 Å². The maximum Gasteiger partial charge on any atom is 0.315 e. The smallest absolute Gasteiger partial charge is 0.315 e. The molecule has 0 aromatic rings. The number of sulfonamides is 1. The van der Waals surface area contributed by atoms with Crippen LogP contribution in [0.5, 0.6) is 0 Å². The highest BCUT2D eigenvalue weighted by Crippen LogP contribution is 2.17. The van der Waals surface area contributed by atoms with Gasteiger partial charge in [-0.2, -0.15) is 0 Å². The van der Waals surface area contributed by atoms with E-state index in [0.717, 1.165) is 12.8 Å². The van der Waals surface area contributed by atoms with Crippen LogP contribution < -0.4 is 10.6 Å². The van der Waals surface area contributed by atoms with Gasteiger partial charge in [0.05, 0.1) is 6.26 Å². The Hall–Kier alpha value is -0.820. The number of urea groups is 1. The van der Waals surface area contributed by atoms with Crippen molar-refractivity contribution >= 4 is 16.1 Å². The van der Waals surface area contributed by atoms with Gasteiger partial charge in [0.2, 0.25) is 10.0 Å². The first-order valence-corrected chi connectivity index (χ1v) is 8.82. The lowest BCUT2D eigenvalue weighted by Crippen LogP contribution is -2.47. The number of carbonyl (C=O) groups excluding carboxylic acids is 1. The Balaban J connectivity index is 1.74. The zero-order valence-electron chi connectivity index (χ0n) is 11.4. The lowest BCUT2D eigenvalue weighted by Gasteiger charge is -2.24. The first-order valence-electron chi connectivity index (χ1n) is 6.97. The van der Waals surface area contributed by atoms with Crippen LogP contribution in [0.3, 0.4) is 0 Å². The minimum atomic E-state index is -3.14. The summed E-state index contributed by atoms with van der Waals surface area (Å²) in [5.41, 5.74) is 0. The standard InChI is InChI=1S/C12H23N3O3S/c1-19(17,18)15-8-7-11(9-15)14-12(16)13-10-5-3-2-4-6-10/h10-11H,2-9H2,1H3,(H2,13,14,16). The number of nitrogens with one attached hydrogen (secondary N) is 2. The van der Waals surface area contributed by atoms with E-state index in [1.165, 1.54) is 29.8 Å². The van der Waals surface area contributed by atoms with E-state index in [1.807, 2.05) is 0 Å². The highest BCUT2D eigenvalue weighted by atomic mass is 32.2. The first kappa shape index (κ1) is 14.6. The molecule has 1 saturated carbocycles. The van der Waals surface area contributed by atoms with E-state index in [2.05, 4.69) is 10.6 Å². The van der Waals surface area contributed by atoms with E-state index >= 15 is 0 Å². The number of amides is 2. The van der Waals surface area contributed by atoms with Crippen molar-refractivity contribution in [2.75, 3.05) is 19.3 Å². The molecule has 1 aliphatic carbocycles. The van der Waals surface area contributed by atoms with Crippen LogP contribution in [0.25, 0.3) is 0 Å². The van der Waals surface area contributed by atoms with Crippen LogP contribution in [0, 0.1) is 0 Å². The zero-order chi connectivity index (χ0) is 13.9. The summed E-state index contributed by atoms with van der Waals surface area (Å²) < 4.78 is 24.2. The van der Waals surface area contributed by atoms with Crippen molar-refractivity contribution in [3.8, 4) is 0 Å². The topological polar surface area (TPSA) is 78.5 Å². The van der Waals surface area contributed by atoms with Gasteiger partial charge in [0.1, 0.15) is 0 Å². The Morgan fingerprint density at radius 3 is 2.26 bits per heavy atom. The molecule has 6 nitrogen and oxygen atoms in total. The fourth-order valence-corrected chi connectivity index (χ4v) is 3.69. The molecule has 2 aliphatic rings. The van der Waals surface area contributed by atoms with Crippen LogP contribution >= 0.6 is 0 Å². The van der Waals surface area contributed by atoms with Crippen molar-refractivity contribution in [1.82, 2.24) is 14.9 Å². The van der Waals surface area contributed by atoms with Gasteiger partial charge in [0.25, 0.3) is 0 Å². The van der Waals surface area contributed by atoms with Crippen LogP contribution in [0.15, 0.2) is 0 Å². The molecular weight excluding hydrogens is 266 g/mol. The number of hydrogen-bond donors (Lipinski definition) is 2. The van der Waals surface area contributed by atoms with E-state index in [9.17, 15) is 13.2 Å². The Morgan fingerprint density at radius 1 is 1.05 bits per heavy atom. The Morgan fingerprint density at radius 2 is 1.68 bits per heavy atom. The molecule has 2 N–H and O–H groups in total. The minimum absolute atomic E-state index is 0.0710. The van der Waals surface area contributed by atoms with Gasteiger partial charge in [-0.3, -0.25) is 0 Å². The van der Waals surface area contributed by atoms with Gasteiger partial charge in [0, 0.05) is 25.2 Å². The van der Waals surface area contributed by atoms with Gasteiger partial charge in [-0.1, -0.05) is 19.3 Å². The minimum Gasteiger partial charge on any atom is -0.335 e. The predicted molar refractivity (Wildman–Crippen MR) is 73.4 cm³/mol. The van der Waals surface area contributed by atoms with Gasteiger partial charge < -0.3 is 10.6 Å². The molecule has 1 unspecified atom stereocenters. The maximum absolute atomic E-state index is 11.8. The van der Waals surface area contributed by atoms with Gasteiger partial charge in [0.15, 0.2) is 0 Å². The van der Waals surface area contributed by atoms with E-state index in [1.54, 1.807) is 0 Å². The van der Waals surface area contributed by atoms with Crippen molar-refractivity contribution in [3.63, 3.8) is 0 Å². The van der Waals surface area contributed by atoms with E-state index in [0.29, 0.717) is 19.5 Å². The Kier molecular flexibility index (Phi) is 4.67. The fraction of sp³-hybridized carbons (Fsp3) is 0.917. The normalized spacial score (nSPS) is 26.3. The van der Waals surface area contributed by atoms with Crippen molar-refractivity contribution in [2.24, 2.45) is 0 Å². The molecular formula is C12H23N3O3S. The summed E-state index contributed by atoms with van der Waals surface area (Å²) in [4.78, 5) is 11.8. The van der Waals surface area contributed by atoms with E-state index < -0.39 is 10.0 Å². The molecule has 0 radical (unpaired) electrons.